The van der Waals surface area contributed by atoms with Gasteiger partial charge in [0.2, 0.25) is 0 Å². The fourth-order valence-electron chi connectivity index (χ4n) is 1.39. The Morgan fingerprint density at radius 2 is 2.07 bits per heavy atom. The molecule has 0 unspecified atom stereocenters. The molecule has 2 aromatic rings. The number of nitrogens with zero attached hydrogens (tertiary/aromatic N) is 1. The lowest BCUT2D eigenvalue weighted by atomic mass is 10.1. The second kappa shape index (κ2) is 3.94. The van der Waals surface area contributed by atoms with Crippen molar-refractivity contribution in [3.8, 4) is 10.6 Å². The fourth-order valence-corrected chi connectivity index (χ4v) is 2.74. The van der Waals surface area contributed by atoms with Crippen LogP contribution in [-0.2, 0) is 0 Å². The first-order chi connectivity index (χ1) is 7.08. The van der Waals surface area contributed by atoms with Crippen molar-refractivity contribution in [2.45, 2.75) is 13.8 Å². The van der Waals surface area contributed by atoms with Gasteiger partial charge in [-0.15, -0.1) is 11.3 Å². The van der Waals surface area contributed by atoms with E-state index in [1.54, 1.807) is 11.3 Å². The molecule has 1 heterocycles. The summed E-state index contributed by atoms with van der Waals surface area (Å²) in [4.78, 5) is 4.33. The third-order valence-corrected chi connectivity index (χ3v) is 4.02. The summed E-state index contributed by atoms with van der Waals surface area (Å²) in [6.07, 6.45) is 0. The van der Waals surface area contributed by atoms with Crippen LogP contribution in [-0.4, -0.2) is 4.98 Å². The van der Waals surface area contributed by atoms with Crippen LogP contribution in [0.1, 0.15) is 11.1 Å². The predicted octanol–water partition coefficient (Wildman–Crippen LogP) is 3.77. The van der Waals surface area contributed by atoms with Crippen molar-refractivity contribution in [2.75, 3.05) is 5.73 Å². The fraction of sp³-hybridized carbons (Fsp3) is 0.182. The summed E-state index contributed by atoms with van der Waals surface area (Å²) in [6, 6.07) is 6.35. The van der Waals surface area contributed by atoms with Crippen LogP contribution >= 0.6 is 27.3 Å². The molecule has 0 amide bonds. The molecular weight excluding hydrogens is 272 g/mol. The molecule has 0 saturated carbocycles. The maximum atomic E-state index is 5.72. The third-order valence-electron chi connectivity index (χ3n) is 2.23. The lowest BCUT2D eigenvalue weighted by molar-refractivity contribution is 1.35. The third kappa shape index (κ3) is 2.06. The van der Waals surface area contributed by atoms with Crippen LogP contribution in [0, 0.1) is 13.8 Å². The highest BCUT2D eigenvalue weighted by molar-refractivity contribution is 9.11. The Bertz CT molecular complexity index is 486. The summed E-state index contributed by atoms with van der Waals surface area (Å²) in [5.41, 5.74) is 9.34. The van der Waals surface area contributed by atoms with Gasteiger partial charge in [-0.25, -0.2) is 4.98 Å². The van der Waals surface area contributed by atoms with E-state index in [-0.39, 0.29) is 0 Å². The molecule has 0 aliphatic rings. The van der Waals surface area contributed by atoms with Gasteiger partial charge in [0.25, 0.3) is 0 Å². The van der Waals surface area contributed by atoms with Gasteiger partial charge in [0, 0.05) is 5.56 Å². The van der Waals surface area contributed by atoms with Gasteiger partial charge >= 0.3 is 0 Å². The van der Waals surface area contributed by atoms with Crippen molar-refractivity contribution >= 4 is 33.1 Å². The molecule has 0 spiro atoms. The van der Waals surface area contributed by atoms with E-state index in [9.17, 15) is 0 Å². The topological polar surface area (TPSA) is 38.9 Å². The van der Waals surface area contributed by atoms with E-state index in [1.807, 2.05) is 0 Å². The summed E-state index contributed by atoms with van der Waals surface area (Å²) in [6.45, 7) is 4.16. The van der Waals surface area contributed by atoms with Crippen molar-refractivity contribution in [3.63, 3.8) is 0 Å². The van der Waals surface area contributed by atoms with E-state index in [1.165, 1.54) is 11.1 Å². The second-order valence-electron chi connectivity index (χ2n) is 3.50. The molecule has 2 nitrogen and oxygen atoms in total. The molecule has 2 N–H and O–H groups in total. The van der Waals surface area contributed by atoms with Gasteiger partial charge in [-0.1, -0.05) is 17.7 Å². The number of hydrogen-bond donors (Lipinski definition) is 1. The summed E-state index contributed by atoms with van der Waals surface area (Å²) in [7, 11) is 0. The number of nitrogen functional groups attached to an aromatic ring is 1. The van der Waals surface area contributed by atoms with Crippen molar-refractivity contribution < 1.29 is 0 Å². The monoisotopic (exact) mass is 282 g/mol. The highest BCUT2D eigenvalue weighted by atomic mass is 79.9. The number of thiazole rings is 1. The van der Waals surface area contributed by atoms with E-state index in [4.69, 9.17) is 5.73 Å². The minimum atomic E-state index is 0.566. The number of nitrogens with two attached hydrogens (primary N) is 1. The molecule has 15 heavy (non-hydrogen) atoms. The van der Waals surface area contributed by atoms with Crippen molar-refractivity contribution in [2.24, 2.45) is 0 Å². The molecule has 0 bridgehead atoms. The average Bonchev–Trinajstić information content (AvgIpc) is 2.51. The smallest absolute Gasteiger partial charge is 0.149 e. The molecule has 2 rings (SSSR count). The Labute approximate surface area is 101 Å². The van der Waals surface area contributed by atoms with E-state index in [2.05, 4.69) is 53.0 Å². The van der Waals surface area contributed by atoms with Crippen LogP contribution < -0.4 is 5.73 Å². The standard InChI is InChI=1S/C11H11BrN2S/c1-6-3-4-7(2)8(5-6)11-14-10(13)9(12)15-11/h3-5H,13H2,1-2H3. The van der Waals surface area contributed by atoms with Crippen molar-refractivity contribution in [1.29, 1.82) is 0 Å². The molecule has 1 aromatic heterocycles. The molecule has 0 saturated heterocycles. The molecule has 0 radical (unpaired) electrons. The first kappa shape index (κ1) is 10.6. The molecule has 78 valence electrons. The van der Waals surface area contributed by atoms with Gasteiger partial charge in [0.1, 0.15) is 14.6 Å². The van der Waals surface area contributed by atoms with Crippen molar-refractivity contribution in [1.82, 2.24) is 4.98 Å². The summed E-state index contributed by atoms with van der Waals surface area (Å²) >= 11 is 4.96. The van der Waals surface area contributed by atoms with Gasteiger partial charge in [0.05, 0.1) is 0 Å². The first-order valence-electron chi connectivity index (χ1n) is 4.57. The molecule has 0 fully saturated rings. The summed E-state index contributed by atoms with van der Waals surface area (Å²) in [5.74, 6) is 0.566. The highest BCUT2D eigenvalue weighted by Gasteiger charge is 2.09. The van der Waals surface area contributed by atoms with Gasteiger partial charge < -0.3 is 5.73 Å². The molecule has 1 aromatic carbocycles. The largest absolute Gasteiger partial charge is 0.382 e. The van der Waals surface area contributed by atoms with Crippen LogP contribution in [0.25, 0.3) is 10.6 Å². The zero-order valence-electron chi connectivity index (χ0n) is 8.54. The number of aryl methyl sites for hydroxylation is 2. The van der Waals surface area contributed by atoms with E-state index >= 15 is 0 Å². The Balaban J connectivity index is 2.58. The molecule has 0 aliphatic carbocycles. The Hall–Kier alpha value is -0.870. The number of halogens is 1. The van der Waals surface area contributed by atoms with E-state index in [0.717, 1.165) is 14.4 Å². The SMILES string of the molecule is Cc1ccc(C)c(-c2nc(N)c(Br)s2)c1. The first-order valence-corrected chi connectivity index (χ1v) is 6.18. The number of benzene rings is 1. The second-order valence-corrected chi connectivity index (χ2v) is 5.81. The van der Waals surface area contributed by atoms with E-state index < -0.39 is 0 Å². The average molecular weight is 283 g/mol. The van der Waals surface area contributed by atoms with Gasteiger partial charge in [-0.3, -0.25) is 0 Å². The van der Waals surface area contributed by atoms with Gasteiger partial charge in [-0.2, -0.15) is 0 Å². The maximum Gasteiger partial charge on any atom is 0.149 e. The summed E-state index contributed by atoms with van der Waals surface area (Å²) < 4.78 is 0.901. The highest BCUT2D eigenvalue weighted by Crippen LogP contribution is 2.35. The number of aromatic nitrogens is 1. The molecular formula is C11H11BrN2S. The minimum Gasteiger partial charge on any atom is -0.382 e. The Morgan fingerprint density at radius 1 is 1.33 bits per heavy atom. The van der Waals surface area contributed by atoms with Gasteiger partial charge in [0.15, 0.2) is 0 Å². The van der Waals surface area contributed by atoms with Crippen molar-refractivity contribution in [3.05, 3.63) is 33.1 Å². The zero-order valence-corrected chi connectivity index (χ0v) is 10.9. The minimum absolute atomic E-state index is 0.566. The van der Waals surface area contributed by atoms with Crippen LogP contribution in [0.3, 0.4) is 0 Å². The quantitative estimate of drug-likeness (QED) is 0.865. The number of rotatable bonds is 1. The Kier molecular flexibility index (Phi) is 2.80. The van der Waals surface area contributed by atoms with Crippen LogP contribution in [0.5, 0.6) is 0 Å². The summed E-state index contributed by atoms with van der Waals surface area (Å²) in [5, 5.41) is 0.973. The normalized spacial score (nSPS) is 10.6. The lowest BCUT2D eigenvalue weighted by Crippen LogP contribution is -1.87. The van der Waals surface area contributed by atoms with Crippen LogP contribution in [0.4, 0.5) is 5.82 Å². The van der Waals surface area contributed by atoms with E-state index in [0.29, 0.717) is 5.82 Å². The van der Waals surface area contributed by atoms with Crippen LogP contribution in [0.2, 0.25) is 0 Å². The number of anilines is 1. The zero-order chi connectivity index (χ0) is 11.0. The number of hydrogen-bond acceptors (Lipinski definition) is 3. The van der Waals surface area contributed by atoms with Crippen LogP contribution in [0.15, 0.2) is 22.0 Å². The predicted molar refractivity (Wildman–Crippen MR) is 69.1 cm³/mol. The van der Waals surface area contributed by atoms with Gasteiger partial charge in [-0.05, 0) is 41.4 Å². The Morgan fingerprint density at radius 3 is 2.67 bits per heavy atom. The maximum absolute atomic E-state index is 5.72. The molecule has 0 atom stereocenters. The molecule has 4 heteroatoms. The molecule has 0 aliphatic heterocycles. The lowest BCUT2D eigenvalue weighted by Gasteiger charge is -2.02.